The SMILES string of the molecule is CNC(=O)CS(=O)(=NC(=O)c1cncc(C#Cc2cccc(NC(=O)c3cc(C)nn3C)c2)c1)c1ccccc1. The highest BCUT2D eigenvalue weighted by Gasteiger charge is 2.20. The van der Waals surface area contributed by atoms with Crippen molar-refractivity contribution in [3.05, 3.63) is 107 Å². The van der Waals surface area contributed by atoms with E-state index in [0.717, 1.165) is 5.69 Å². The summed E-state index contributed by atoms with van der Waals surface area (Å²) in [4.78, 5) is 42.0. The van der Waals surface area contributed by atoms with Gasteiger partial charge in [-0.25, -0.2) is 4.21 Å². The van der Waals surface area contributed by atoms with Crippen LogP contribution in [-0.4, -0.2) is 49.5 Å². The van der Waals surface area contributed by atoms with Crippen LogP contribution in [0.4, 0.5) is 5.69 Å². The second-order valence-corrected chi connectivity index (χ2v) is 10.9. The number of amides is 3. The molecule has 10 nitrogen and oxygen atoms in total. The first kappa shape index (κ1) is 27.9. The molecule has 0 aliphatic heterocycles. The van der Waals surface area contributed by atoms with Crippen LogP contribution < -0.4 is 10.6 Å². The Morgan fingerprint density at radius 3 is 2.42 bits per heavy atom. The summed E-state index contributed by atoms with van der Waals surface area (Å²) in [5, 5.41) is 9.45. The second-order valence-electron chi connectivity index (χ2n) is 8.71. The minimum atomic E-state index is -3.37. The Kier molecular flexibility index (Phi) is 8.51. The maximum atomic E-state index is 13.6. The van der Waals surface area contributed by atoms with E-state index in [9.17, 15) is 18.6 Å². The number of hydrogen-bond donors (Lipinski definition) is 2. The first-order chi connectivity index (χ1) is 19.2. The molecule has 2 aromatic heterocycles. The molecule has 0 fully saturated rings. The fraction of sp³-hybridized carbons (Fsp3) is 0.138. The lowest BCUT2D eigenvalue weighted by Crippen LogP contribution is -2.27. The lowest BCUT2D eigenvalue weighted by molar-refractivity contribution is -0.118. The van der Waals surface area contributed by atoms with Crippen LogP contribution in [0, 0.1) is 18.8 Å². The Morgan fingerprint density at radius 1 is 0.975 bits per heavy atom. The normalized spacial score (nSPS) is 11.9. The largest absolute Gasteiger partial charge is 0.358 e. The third kappa shape index (κ3) is 6.86. The van der Waals surface area contributed by atoms with E-state index in [2.05, 4.69) is 36.9 Å². The number of carbonyl (C=O) groups excluding carboxylic acids is 3. The van der Waals surface area contributed by atoms with Gasteiger partial charge in [-0.05, 0) is 49.4 Å². The van der Waals surface area contributed by atoms with Gasteiger partial charge in [-0.15, -0.1) is 0 Å². The molecular weight excluding hydrogens is 528 g/mol. The van der Waals surface area contributed by atoms with Gasteiger partial charge in [-0.2, -0.15) is 9.46 Å². The summed E-state index contributed by atoms with van der Waals surface area (Å²) in [5.41, 5.74) is 2.86. The number of nitrogens with one attached hydrogen (secondary N) is 2. The average molecular weight is 555 g/mol. The number of anilines is 1. The summed E-state index contributed by atoms with van der Waals surface area (Å²) in [6, 6.07) is 18.4. The highest BCUT2D eigenvalue weighted by molar-refractivity contribution is 7.94. The summed E-state index contributed by atoms with van der Waals surface area (Å²) in [6.07, 6.45) is 2.79. The van der Waals surface area contributed by atoms with Gasteiger partial charge < -0.3 is 10.6 Å². The van der Waals surface area contributed by atoms with E-state index in [1.165, 1.54) is 30.2 Å². The van der Waals surface area contributed by atoms with Crippen molar-refractivity contribution in [3.8, 4) is 11.8 Å². The van der Waals surface area contributed by atoms with Crippen molar-refractivity contribution >= 4 is 33.1 Å². The molecule has 40 heavy (non-hydrogen) atoms. The first-order valence-electron chi connectivity index (χ1n) is 12.1. The molecule has 4 aromatic rings. The molecule has 0 aliphatic carbocycles. The summed E-state index contributed by atoms with van der Waals surface area (Å²) >= 11 is 0. The number of rotatable bonds is 6. The molecule has 2 heterocycles. The molecule has 0 aliphatic rings. The van der Waals surface area contributed by atoms with Crippen LogP contribution in [0.15, 0.2) is 88.4 Å². The van der Waals surface area contributed by atoms with Crippen LogP contribution >= 0.6 is 0 Å². The molecule has 2 aromatic carbocycles. The van der Waals surface area contributed by atoms with E-state index in [-0.39, 0.29) is 16.4 Å². The molecule has 0 spiro atoms. The molecule has 202 valence electrons. The molecular formula is C29H26N6O4S. The Bertz CT molecular complexity index is 1780. The third-order valence-electron chi connectivity index (χ3n) is 5.64. The molecule has 0 saturated carbocycles. The number of aromatic nitrogens is 3. The smallest absolute Gasteiger partial charge is 0.286 e. The average Bonchev–Trinajstić information content (AvgIpc) is 3.30. The van der Waals surface area contributed by atoms with E-state index >= 15 is 0 Å². The first-order valence-corrected chi connectivity index (χ1v) is 13.8. The lowest BCUT2D eigenvalue weighted by atomic mass is 10.1. The standard InChI is InChI=1S/C29H26N6O4S/c1-20-14-26(35(3)33-20)29(38)32-24-9-7-8-21(16-24)12-13-22-15-23(18-31-17-22)28(37)34-40(39,19-27(36)30-2)25-10-5-4-6-11-25/h4-11,14-18H,19H2,1-3H3,(H,30,36)(H,32,38). The number of hydrogen-bond acceptors (Lipinski definition) is 6. The number of carbonyl (C=O) groups is 3. The van der Waals surface area contributed by atoms with Crippen LogP contribution in [0.25, 0.3) is 0 Å². The molecule has 1 atom stereocenters. The van der Waals surface area contributed by atoms with Crippen molar-refractivity contribution in [3.63, 3.8) is 0 Å². The van der Waals surface area contributed by atoms with Gasteiger partial charge in [0.1, 0.15) is 11.4 Å². The molecule has 0 radical (unpaired) electrons. The fourth-order valence-corrected chi connectivity index (χ4v) is 5.49. The zero-order valence-electron chi connectivity index (χ0n) is 22.0. The van der Waals surface area contributed by atoms with Gasteiger partial charge in [0.2, 0.25) is 5.91 Å². The van der Waals surface area contributed by atoms with E-state index in [0.29, 0.717) is 22.5 Å². The van der Waals surface area contributed by atoms with E-state index in [4.69, 9.17) is 0 Å². The van der Waals surface area contributed by atoms with Crippen LogP contribution in [0.2, 0.25) is 0 Å². The molecule has 1 unspecified atom stereocenters. The number of benzene rings is 2. The summed E-state index contributed by atoms with van der Waals surface area (Å²) in [5.74, 6) is 3.91. The van der Waals surface area contributed by atoms with Gasteiger partial charge in [0.15, 0.2) is 0 Å². The van der Waals surface area contributed by atoms with E-state index in [1.807, 2.05) is 6.92 Å². The fourth-order valence-electron chi connectivity index (χ4n) is 3.70. The van der Waals surface area contributed by atoms with Gasteiger partial charge in [-0.1, -0.05) is 36.1 Å². The number of pyridine rings is 1. The molecule has 0 saturated heterocycles. The lowest BCUT2D eigenvalue weighted by Gasteiger charge is -2.09. The zero-order valence-corrected chi connectivity index (χ0v) is 22.9. The zero-order chi connectivity index (χ0) is 28.7. The van der Waals surface area contributed by atoms with Crippen molar-refractivity contribution in [2.45, 2.75) is 11.8 Å². The van der Waals surface area contributed by atoms with Gasteiger partial charge in [-0.3, -0.25) is 24.0 Å². The molecule has 0 bridgehead atoms. The van der Waals surface area contributed by atoms with Gasteiger partial charge in [0.25, 0.3) is 11.8 Å². The van der Waals surface area contributed by atoms with Gasteiger partial charge in [0.05, 0.1) is 21.0 Å². The summed E-state index contributed by atoms with van der Waals surface area (Å²) < 4.78 is 19.1. The van der Waals surface area contributed by atoms with E-state index < -0.39 is 27.3 Å². The van der Waals surface area contributed by atoms with Crippen molar-refractivity contribution in [2.75, 3.05) is 18.1 Å². The van der Waals surface area contributed by atoms with Gasteiger partial charge in [0, 0.05) is 48.2 Å². The Morgan fingerprint density at radius 2 is 1.73 bits per heavy atom. The minimum Gasteiger partial charge on any atom is -0.358 e. The quantitative estimate of drug-likeness (QED) is 0.352. The van der Waals surface area contributed by atoms with Crippen LogP contribution in [0.5, 0.6) is 0 Å². The van der Waals surface area contributed by atoms with Crippen molar-refractivity contribution in [2.24, 2.45) is 11.4 Å². The van der Waals surface area contributed by atoms with Crippen molar-refractivity contribution in [1.29, 1.82) is 0 Å². The molecule has 2 N–H and O–H groups in total. The summed E-state index contributed by atoms with van der Waals surface area (Å²) in [7, 11) is -0.248. The highest BCUT2D eigenvalue weighted by atomic mass is 32.2. The monoisotopic (exact) mass is 554 g/mol. The Labute approximate surface area is 232 Å². The van der Waals surface area contributed by atoms with Crippen LogP contribution in [0.3, 0.4) is 0 Å². The topological polar surface area (TPSA) is 135 Å². The predicted octanol–water partition coefficient (Wildman–Crippen LogP) is 3.19. The van der Waals surface area contributed by atoms with Crippen LogP contribution in [0.1, 0.15) is 37.7 Å². The molecule has 11 heteroatoms. The van der Waals surface area contributed by atoms with Gasteiger partial charge >= 0.3 is 0 Å². The number of nitrogens with zero attached hydrogens (tertiary/aromatic N) is 4. The highest BCUT2D eigenvalue weighted by Crippen LogP contribution is 2.17. The second kappa shape index (κ2) is 12.2. The maximum absolute atomic E-state index is 13.6. The van der Waals surface area contributed by atoms with Crippen LogP contribution in [-0.2, 0) is 21.6 Å². The number of aryl methyl sites for hydroxylation is 2. The molecule has 3 amide bonds. The van der Waals surface area contributed by atoms with E-state index in [1.54, 1.807) is 67.7 Å². The molecule has 4 rings (SSSR count). The van der Waals surface area contributed by atoms with Crippen molar-refractivity contribution in [1.82, 2.24) is 20.1 Å². The minimum absolute atomic E-state index is 0.0832. The van der Waals surface area contributed by atoms with Crippen molar-refractivity contribution < 1.29 is 18.6 Å². The maximum Gasteiger partial charge on any atom is 0.286 e. The predicted molar refractivity (Wildman–Crippen MR) is 151 cm³/mol. The Balaban J connectivity index is 1.56. The summed E-state index contributed by atoms with van der Waals surface area (Å²) in [6.45, 7) is 1.81. The Hall–Kier alpha value is -5.08. The third-order valence-corrected chi connectivity index (χ3v) is 7.76.